The summed E-state index contributed by atoms with van der Waals surface area (Å²) in [5, 5.41) is 2.99. The zero-order valence-electron chi connectivity index (χ0n) is 5.99. The molecule has 68 valence electrons. The lowest BCUT2D eigenvalue weighted by atomic mass is 10.4. The molecule has 0 aliphatic heterocycles. The van der Waals surface area contributed by atoms with E-state index in [0.29, 0.717) is 24.8 Å². The van der Waals surface area contributed by atoms with Gasteiger partial charge in [0.1, 0.15) is 0 Å². The minimum absolute atomic E-state index is 0.0316. The summed E-state index contributed by atoms with van der Waals surface area (Å²) in [7, 11) is 0. The van der Waals surface area contributed by atoms with Crippen molar-refractivity contribution < 1.29 is 0 Å². The molecule has 0 heterocycles. The van der Waals surface area contributed by atoms with Crippen molar-refractivity contribution in [1.29, 1.82) is 0 Å². The Hall–Kier alpha value is 1.12. The average Bonchev–Trinajstić information content (AvgIpc) is 2.04. The van der Waals surface area contributed by atoms with Crippen molar-refractivity contribution in [3.05, 3.63) is 0 Å². The van der Waals surface area contributed by atoms with Crippen LogP contribution in [0.5, 0.6) is 0 Å². The van der Waals surface area contributed by atoms with E-state index in [2.05, 4.69) is 5.32 Å². The molecule has 0 bridgehead atoms. The lowest BCUT2D eigenvalue weighted by Crippen LogP contribution is -2.30. The van der Waals surface area contributed by atoms with E-state index in [4.69, 9.17) is 46.4 Å². The van der Waals surface area contributed by atoms with Crippen LogP contribution < -0.4 is 5.32 Å². The third kappa shape index (κ3) is 7.48. The largest absolute Gasteiger partial charge is 0.314 e. The van der Waals surface area contributed by atoms with Gasteiger partial charge in [0.15, 0.2) is 0 Å². The second-order valence-corrected chi connectivity index (χ2v) is 4.01. The van der Waals surface area contributed by atoms with Crippen molar-refractivity contribution in [2.75, 3.05) is 24.8 Å². The van der Waals surface area contributed by atoms with Crippen molar-refractivity contribution in [3.63, 3.8) is 0 Å². The predicted octanol–water partition coefficient (Wildman–Crippen LogP) is 2.27. The van der Waals surface area contributed by atoms with Crippen molar-refractivity contribution in [3.8, 4) is 0 Å². The highest BCUT2D eigenvalue weighted by atomic mass is 35.5. The van der Waals surface area contributed by atoms with Crippen LogP contribution >= 0.6 is 46.4 Å². The van der Waals surface area contributed by atoms with Gasteiger partial charge in [-0.1, -0.05) is 0 Å². The molecule has 1 N–H and O–H groups in total. The minimum Gasteiger partial charge on any atom is -0.314 e. The number of hydrogen-bond donors (Lipinski definition) is 1. The van der Waals surface area contributed by atoms with Crippen molar-refractivity contribution in [1.82, 2.24) is 5.32 Å². The molecular formula is C6H11Cl4N. The lowest BCUT2D eigenvalue weighted by molar-refractivity contribution is 0.673. The maximum Gasteiger partial charge on any atom is 0.0595 e. The van der Waals surface area contributed by atoms with E-state index >= 15 is 0 Å². The number of nitrogens with one attached hydrogen (secondary N) is 1. The molecule has 11 heavy (non-hydrogen) atoms. The first-order valence-electron chi connectivity index (χ1n) is 3.31. The van der Waals surface area contributed by atoms with Crippen molar-refractivity contribution in [2.24, 2.45) is 0 Å². The van der Waals surface area contributed by atoms with Crippen LogP contribution in [0, 0.1) is 0 Å². The smallest absolute Gasteiger partial charge is 0.0595 e. The highest BCUT2D eigenvalue weighted by Crippen LogP contribution is 1.99. The van der Waals surface area contributed by atoms with Crippen LogP contribution in [0.3, 0.4) is 0 Å². The Labute approximate surface area is 87.3 Å². The molecule has 0 aromatic rings. The van der Waals surface area contributed by atoms with E-state index in [-0.39, 0.29) is 10.8 Å². The normalized spacial score (nSPS) is 16.4. The predicted molar refractivity (Wildman–Crippen MR) is 53.6 cm³/mol. The first kappa shape index (κ1) is 12.1. The Kier molecular flexibility index (Phi) is 8.54. The van der Waals surface area contributed by atoms with Gasteiger partial charge in [-0.15, -0.1) is 46.4 Å². The summed E-state index contributed by atoms with van der Waals surface area (Å²) in [6, 6.07) is 0. The van der Waals surface area contributed by atoms with Crippen LogP contribution in [-0.4, -0.2) is 35.6 Å². The van der Waals surface area contributed by atoms with E-state index in [9.17, 15) is 0 Å². The van der Waals surface area contributed by atoms with Gasteiger partial charge in [0.25, 0.3) is 0 Å². The van der Waals surface area contributed by atoms with E-state index < -0.39 is 0 Å². The summed E-state index contributed by atoms with van der Waals surface area (Å²) in [4.78, 5) is 0. The molecule has 0 fully saturated rings. The highest BCUT2D eigenvalue weighted by molar-refractivity contribution is 6.28. The first-order valence-corrected chi connectivity index (χ1v) is 5.25. The maximum atomic E-state index is 5.72. The van der Waals surface area contributed by atoms with E-state index in [0.717, 1.165) is 0 Å². The molecule has 0 amide bonds. The van der Waals surface area contributed by atoms with Crippen LogP contribution in [0.25, 0.3) is 0 Å². The number of hydrogen-bond acceptors (Lipinski definition) is 1. The Morgan fingerprint density at radius 3 is 1.55 bits per heavy atom. The Bertz CT molecular complexity index is 80.7. The van der Waals surface area contributed by atoms with Crippen LogP contribution in [0.15, 0.2) is 0 Å². The minimum atomic E-state index is -0.0316. The summed E-state index contributed by atoms with van der Waals surface area (Å²) in [6.45, 7) is 1.34. The summed E-state index contributed by atoms with van der Waals surface area (Å²) >= 11 is 22.4. The number of rotatable bonds is 6. The number of halogens is 4. The summed E-state index contributed by atoms with van der Waals surface area (Å²) < 4.78 is 0. The molecule has 0 saturated carbocycles. The molecule has 0 saturated heterocycles. The molecule has 0 spiro atoms. The van der Waals surface area contributed by atoms with Gasteiger partial charge in [0, 0.05) is 24.8 Å². The highest BCUT2D eigenvalue weighted by Gasteiger charge is 2.04. The van der Waals surface area contributed by atoms with Gasteiger partial charge in [0.2, 0.25) is 0 Å². The Morgan fingerprint density at radius 1 is 0.909 bits per heavy atom. The second kappa shape index (κ2) is 7.75. The van der Waals surface area contributed by atoms with Crippen LogP contribution in [0.4, 0.5) is 0 Å². The lowest BCUT2D eigenvalue weighted by Gasteiger charge is -2.09. The zero-order chi connectivity index (χ0) is 8.69. The second-order valence-electron chi connectivity index (χ2n) is 2.16. The third-order valence-corrected chi connectivity index (χ3v) is 2.74. The van der Waals surface area contributed by atoms with Gasteiger partial charge in [0.05, 0.1) is 10.8 Å². The fourth-order valence-electron chi connectivity index (χ4n) is 0.506. The standard InChI is InChI=1S/C6H11Cl4N/c7-1-5(9)3-11-4-6(10)2-8/h5-6,11H,1-4H2. The Balaban J connectivity index is 3.13. The van der Waals surface area contributed by atoms with Gasteiger partial charge >= 0.3 is 0 Å². The summed E-state index contributed by atoms with van der Waals surface area (Å²) in [6.07, 6.45) is 0. The fourth-order valence-corrected chi connectivity index (χ4v) is 0.942. The van der Waals surface area contributed by atoms with Gasteiger partial charge < -0.3 is 5.32 Å². The zero-order valence-corrected chi connectivity index (χ0v) is 9.02. The fraction of sp³-hybridized carbons (Fsp3) is 1.00. The molecule has 0 aliphatic rings. The molecular weight excluding hydrogens is 228 g/mol. The summed E-state index contributed by atoms with van der Waals surface area (Å²) in [5.74, 6) is 0.894. The molecule has 1 nitrogen and oxygen atoms in total. The van der Waals surface area contributed by atoms with Gasteiger partial charge in [-0.2, -0.15) is 0 Å². The van der Waals surface area contributed by atoms with Crippen LogP contribution in [0.2, 0.25) is 0 Å². The molecule has 0 aromatic heterocycles. The SMILES string of the molecule is ClCC(Cl)CNCC(Cl)CCl. The molecule has 0 aliphatic carbocycles. The number of alkyl halides is 4. The molecule has 0 rings (SSSR count). The molecule has 0 radical (unpaired) electrons. The van der Waals surface area contributed by atoms with Gasteiger partial charge in [-0.3, -0.25) is 0 Å². The summed E-state index contributed by atoms with van der Waals surface area (Å²) in [5.41, 5.74) is 0. The third-order valence-electron chi connectivity index (χ3n) is 1.07. The molecule has 5 heteroatoms. The van der Waals surface area contributed by atoms with E-state index in [1.54, 1.807) is 0 Å². The first-order chi connectivity index (χ1) is 5.20. The topological polar surface area (TPSA) is 12.0 Å². The van der Waals surface area contributed by atoms with Crippen molar-refractivity contribution >= 4 is 46.4 Å². The average molecular weight is 239 g/mol. The monoisotopic (exact) mass is 237 g/mol. The maximum absolute atomic E-state index is 5.72. The van der Waals surface area contributed by atoms with Crippen LogP contribution in [0.1, 0.15) is 0 Å². The molecule has 0 aromatic carbocycles. The van der Waals surface area contributed by atoms with Gasteiger partial charge in [-0.05, 0) is 0 Å². The van der Waals surface area contributed by atoms with E-state index in [1.807, 2.05) is 0 Å². The van der Waals surface area contributed by atoms with E-state index in [1.165, 1.54) is 0 Å². The van der Waals surface area contributed by atoms with Crippen molar-refractivity contribution in [2.45, 2.75) is 10.8 Å². The van der Waals surface area contributed by atoms with Gasteiger partial charge in [-0.25, -0.2) is 0 Å². The van der Waals surface area contributed by atoms with Crippen LogP contribution in [-0.2, 0) is 0 Å². The molecule has 2 unspecified atom stereocenters. The molecule has 2 atom stereocenters. The quantitative estimate of drug-likeness (QED) is 0.701. The Morgan fingerprint density at radius 2 is 1.27 bits per heavy atom.